The number of nitrogens with one attached hydrogen (secondary N) is 1. The molecule has 5 heteroatoms. The molecule has 0 aliphatic carbocycles. The molecule has 0 saturated heterocycles. The molecule has 2 N–H and O–H groups in total. The summed E-state index contributed by atoms with van der Waals surface area (Å²) in [6.07, 6.45) is 0.729. The average Bonchev–Trinajstić information content (AvgIpc) is 2.32. The summed E-state index contributed by atoms with van der Waals surface area (Å²) in [6, 6.07) is 3.15. The van der Waals surface area contributed by atoms with Gasteiger partial charge in [-0.25, -0.2) is 9.59 Å². The molecule has 0 bridgehead atoms. The first-order valence-corrected chi connectivity index (χ1v) is 5.35. The second kappa shape index (κ2) is 5.86. The third-order valence-electron chi connectivity index (χ3n) is 2.53. The third kappa shape index (κ3) is 3.10. The third-order valence-corrected chi connectivity index (χ3v) is 2.53. The molecule has 0 unspecified atom stereocenters. The summed E-state index contributed by atoms with van der Waals surface area (Å²) >= 11 is 0. The molecule has 0 saturated carbocycles. The lowest BCUT2D eigenvalue weighted by molar-refractivity contribution is 0.0698. The molecule has 0 heterocycles. The van der Waals surface area contributed by atoms with E-state index >= 15 is 0 Å². The molecule has 0 aliphatic rings. The van der Waals surface area contributed by atoms with Gasteiger partial charge in [0, 0.05) is 0 Å². The van der Waals surface area contributed by atoms with Crippen molar-refractivity contribution in [3.63, 3.8) is 0 Å². The molecule has 96 valence electrons. The summed E-state index contributed by atoms with van der Waals surface area (Å²) in [4.78, 5) is 22.5. The van der Waals surface area contributed by atoms with E-state index in [2.05, 4.69) is 11.9 Å². The van der Waals surface area contributed by atoms with Crippen molar-refractivity contribution in [3.05, 3.63) is 41.5 Å². The van der Waals surface area contributed by atoms with Crippen molar-refractivity contribution in [1.82, 2.24) is 0 Å². The Balaban J connectivity index is 3.05. The lowest BCUT2D eigenvalue weighted by Gasteiger charge is -2.13. The van der Waals surface area contributed by atoms with Crippen LogP contribution in [0.25, 0.3) is 0 Å². The van der Waals surface area contributed by atoms with Crippen molar-refractivity contribution in [2.75, 3.05) is 11.9 Å². The highest BCUT2D eigenvalue weighted by Crippen LogP contribution is 2.24. The van der Waals surface area contributed by atoms with Crippen molar-refractivity contribution >= 4 is 17.7 Å². The van der Waals surface area contributed by atoms with Crippen molar-refractivity contribution in [2.45, 2.75) is 13.8 Å². The quantitative estimate of drug-likeness (QED) is 0.804. The normalized spacial score (nSPS) is 9.67. The summed E-state index contributed by atoms with van der Waals surface area (Å²) in [5.74, 6) is -1.10. The first-order chi connectivity index (χ1) is 8.47. The number of amides is 1. The van der Waals surface area contributed by atoms with E-state index in [1.54, 1.807) is 13.0 Å². The maximum atomic E-state index is 11.4. The Morgan fingerprint density at radius 3 is 2.67 bits per heavy atom. The summed E-state index contributed by atoms with van der Waals surface area (Å²) in [5.41, 5.74) is 1.88. The summed E-state index contributed by atoms with van der Waals surface area (Å²) in [5, 5.41) is 11.5. The van der Waals surface area contributed by atoms with Gasteiger partial charge in [-0.05, 0) is 31.0 Å². The first-order valence-electron chi connectivity index (χ1n) is 5.35. The highest BCUT2D eigenvalue weighted by atomic mass is 16.5. The molecule has 0 spiro atoms. The van der Waals surface area contributed by atoms with E-state index in [0.717, 1.165) is 5.56 Å². The Morgan fingerprint density at radius 2 is 2.11 bits per heavy atom. The second-order valence-electron chi connectivity index (χ2n) is 3.75. The molecule has 0 aromatic heterocycles. The molecule has 0 fully saturated rings. The van der Waals surface area contributed by atoms with E-state index in [-0.39, 0.29) is 17.9 Å². The van der Waals surface area contributed by atoms with Crippen molar-refractivity contribution in [3.8, 4) is 0 Å². The molecular formula is C13H15NO4. The Hall–Kier alpha value is -2.30. The van der Waals surface area contributed by atoms with Gasteiger partial charge in [-0.3, -0.25) is 5.32 Å². The van der Waals surface area contributed by atoms with Gasteiger partial charge in [-0.2, -0.15) is 0 Å². The number of aromatic carboxylic acids is 1. The van der Waals surface area contributed by atoms with Crippen LogP contribution in [0.4, 0.5) is 10.5 Å². The van der Waals surface area contributed by atoms with Crippen LogP contribution in [0.5, 0.6) is 0 Å². The van der Waals surface area contributed by atoms with E-state index < -0.39 is 12.1 Å². The fraction of sp³-hybridized carbons (Fsp3) is 0.231. The molecule has 5 nitrogen and oxygen atoms in total. The Kier molecular flexibility index (Phi) is 4.48. The number of rotatable bonds is 4. The van der Waals surface area contributed by atoms with Gasteiger partial charge < -0.3 is 9.84 Å². The highest BCUT2D eigenvalue weighted by Gasteiger charge is 2.16. The standard InChI is InChI=1S/C13H15NO4/c1-4-7-18-13(17)14-11-9(3)8(2)5-6-10(11)12(15)16/h4-6H,1,7H2,2-3H3,(H,14,17)(H,15,16). The molecule has 1 rings (SSSR count). The number of hydrogen-bond acceptors (Lipinski definition) is 3. The number of carboxylic acids is 1. The molecular weight excluding hydrogens is 234 g/mol. The number of anilines is 1. The van der Waals surface area contributed by atoms with E-state index in [4.69, 9.17) is 9.84 Å². The van der Waals surface area contributed by atoms with Crippen LogP contribution in [0, 0.1) is 13.8 Å². The first kappa shape index (κ1) is 13.8. The van der Waals surface area contributed by atoms with Gasteiger partial charge >= 0.3 is 12.1 Å². The smallest absolute Gasteiger partial charge is 0.411 e. The minimum absolute atomic E-state index is 0.0358. The molecule has 1 aromatic rings. The zero-order chi connectivity index (χ0) is 13.7. The van der Waals surface area contributed by atoms with E-state index in [1.807, 2.05) is 6.92 Å². The summed E-state index contributed by atoms with van der Waals surface area (Å²) in [7, 11) is 0. The Labute approximate surface area is 105 Å². The molecule has 1 amide bonds. The van der Waals surface area contributed by atoms with Crippen LogP contribution >= 0.6 is 0 Å². The van der Waals surface area contributed by atoms with Crippen LogP contribution < -0.4 is 5.32 Å². The maximum Gasteiger partial charge on any atom is 0.411 e. The predicted octanol–water partition coefficient (Wildman–Crippen LogP) is 2.74. The van der Waals surface area contributed by atoms with Crippen LogP contribution in [0.2, 0.25) is 0 Å². The zero-order valence-corrected chi connectivity index (χ0v) is 10.3. The molecule has 0 atom stereocenters. The van der Waals surface area contributed by atoms with Gasteiger partial charge in [0.1, 0.15) is 6.61 Å². The number of carbonyl (C=O) groups excluding carboxylic acids is 1. The molecule has 0 aliphatic heterocycles. The zero-order valence-electron chi connectivity index (χ0n) is 10.3. The predicted molar refractivity (Wildman–Crippen MR) is 68.0 cm³/mol. The molecule has 0 radical (unpaired) electrons. The second-order valence-corrected chi connectivity index (χ2v) is 3.75. The summed E-state index contributed by atoms with van der Waals surface area (Å²) in [6.45, 7) is 7.06. The summed E-state index contributed by atoms with van der Waals surface area (Å²) < 4.78 is 4.76. The van der Waals surface area contributed by atoms with Crippen molar-refractivity contribution in [1.29, 1.82) is 0 Å². The lowest BCUT2D eigenvalue weighted by Crippen LogP contribution is -2.17. The average molecular weight is 249 g/mol. The monoisotopic (exact) mass is 249 g/mol. The van der Waals surface area contributed by atoms with Crippen molar-refractivity contribution < 1.29 is 19.4 Å². The van der Waals surface area contributed by atoms with Crippen LogP contribution in [-0.2, 0) is 4.74 Å². The Bertz CT molecular complexity index is 494. The van der Waals surface area contributed by atoms with Gasteiger partial charge in [0.2, 0.25) is 0 Å². The SMILES string of the molecule is C=CCOC(=O)Nc1c(C(=O)O)ccc(C)c1C. The van der Waals surface area contributed by atoms with Crippen LogP contribution in [0.15, 0.2) is 24.8 Å². The largest absolute Gasteiger partial charge is 0.478 e. The fourth-order valence-corrected chi connectivity index (χ4v) is 1.43. The van der Waals surface area contributed by atoms with Crippen molar-refractivity contribution in [2.24, 2.45) is 0 Å². The molecule has 18 heavy (non-hydrogen) atoms. The van der Waals surface area contributed by atoms with E-state index in [9.17, 15) is 9.59 Å². The van der Waals surface area contributed by atoms with Crippen LogP contribution in [0.1, 0.15) is 21.5 Å². The van der Waals surface area contributed by atoms with Gasteiger partial charge in [0.25, 0.3) is 0 Å². The molecule has 1 aromatic carbocycles. The highest BCUT2D eigenvalue weighted by molar-refractivity contribution is 6.00. The van der Waals surface area contributed by atoms with E-state index in [0.29, 0.717) is 5.56 Å². The fourth-order valence-electron chi connectivity index (χ4n) is 1.43. The minimum atomic E-state index is -1.10. The van der Waals surface area contributed by atoms with Crippen LogP contribution in [-0.4, -0.2) is 23.8 Å². The van der Waals surface area contributed by atoms with Gasteiger partial charge in [0.05, 0.1) is 11.3 Å². The van der Waals surface area contributed by atoms with E-state index in [1.165, 1.54) is 12.1 Å². The number of benzene rings is 1. The lowest BCUT2D eigenvalue weighted by atomic mass is 10.0. The number of carboxylic acid groups (broad SMARTS) is 1. The van der Waals surface area contributed by atoms with Gasteiger partial charge in [-0.1, -0.05) is 18.7 Å². The minimum Gasteiger partial charge on any atom is -0.478 e. The van der Waals surface area contributed by atoms with Crippen LogP contribution in [0.3, 0.4) is 0 Å². The number of carbonyl (C=O) groups is 2. The number of hydrogen-bond donors (Lipinski definition) is 2. The maximum absolute atomic E-state index is 11.4. The Morgan fingerprint density at radius 1 is 1.44 bits per heavy atom. The number of ether oxygens (including phenoxy) is 1. The number of aryl methyl sites for hydroxylation is 1. The van der Waals surface area contributed by atoms with Gasteiger partial charge in [-0.15, -0.1) is 0 Å². The van der Waals surface area contributed by atoms with Gasteiger partial charge in [0.15, 0.2) is 0 Å². The topological polar surface area (TPSA) is 75.6 Å².